The van der Waals surface area contributed by atoms with Crippen molar-refractivity contribution in [2.24, 2.45) is 19.5 Å². The molecular formula is C7H16Cl4N3P3. The minimum Gasteiger partial charge on any atom is -0.213 e. The number of hydrogen-bond donors (Lipinski definition) is 0. The van der Waals surface area contributed by atoms with Crippen molar-refractivity contribution in [3.63, 3.8) is 0 Å². The summed E-state index contributed by atoms with van der Waals surface area (Å²) < 4.78 is 13.1. The molecule has 102 valence electrons. The minimum atomic E-state index is -2.73. The van der Waals surface area contributed by atoms with Gasteiger partial charge in [-0.2, -0.15) is 4.52 Å². The van der Waals surface area contributed by atoms with Crippen molar-refractivity contribution in [3.8, 4) is 0 Å². The summed E-state index contributed by atoms with van der Waals surface area (Å²) in [6.45, 7) is 6.34. The molecule has 10 heteroatoms. The third-order valence-corrected chi connectivity index (χ3v) is 15.5. The van der Waals surface area contributed by atoms with Gasteiger partial charge in [0.25, 0.3) is 11.8 Å². The van der Waals surface area contributed by atoms with Gasteiger partial charge in [-0.15, -0.1) is 0 Å². The number of hydrogen-bond acceptors (Lipinski definition) is 3. The van der Waals surface area contributed by atoms with E-state index in [1.54, 1.807) is 0 Å². The van der Waals surface area contributed by atoms with Crippen molar-refractivity contribution in [2.45, 2.75) is 27.2 Å². The van der Waals surface area contributed by atoms with Crippen molar-refractivity contribution >= 4 is 64.0 Å². The molecule has 0 aliphatic carbocycles. The molecule has 0 aromatic rings. The quantitative estimate of drug-likeness (QED) is 0.445. The molecule has 1 heterocycles. The monoisotopic (exact) mass is 375 g/mol. The van der Waals surface area contributed by atoms with Crippen LogP contribution in [-0.2, 0) is 0 Å². The maximum Gasteiger partial charge on any atom is 0.255 e. The van der Waals surface area contributed by atoms with Crippen LogP contribution in [0.15, 0.2) is 13.5 Å². The Bertz CT molecular complexity index is 440. The van der Waals surface area contributed by atoms with Crippen LogP contribution >= 0.6 is 64.0 Å². The summed E-state index contributed by atoms with van der Waals surface area (Å²) in [5, 5.41) is 0. The van der Waals surface area contributed by atoms with Crippen molar-refractivity contribution in [3.05, 3.63) is 0 Å². The average Bonchev–Trinajstić information content (AvgIpc) is 1.93. The van der Waals surface area contributed by atoms with Gasteiger partial charge in [-0.1, -0.05) is 20.8 Å². The highest BCUT2D eigenvalue weighted by molar-refractivity contribution is 8.21. The molecular weight excluding hydrogens is 361 g/mol. The van der Waals surface area contributed by atoms with Crippen molar-refractivity contribution < 1.29 is 0 Å². The molecule has 0 radical (unpaired) electrons. The van der Waals surface area contributed by atoms with Crippen LogP contribution in [0.3, 0.4) is 0 Å². The molecule has 1 atom stereocenters. The van der Waals surface area contributed by atoms with Gasteiger partial charge < -0.3 is 0 Å². The number of rotatable bonds is 4. The lowest BCUT2D eigenvalue weighted by Gasteiger charge is -2.28. The van der Waals surface area contributed by atoms with Crippen LogP contribution < -0.4 is 0 Å². The maximum absolute atomic E-state index is 6.13. The van der Waals surface area contributed by atoms with Gasteiger partial charge in [-0.3, -0.25) is 0 Å². The molecule has 0 spiro atoms. The molecule has 0 saturated heterocycles. The van der Waals surface area contributed by atoms with Crippen LogP contribution in [0.4, 0.5) is 0 Å². The first-order valence-electron chi connectivity index (χ1n) is 5.28. The van der Waals surface area contributed by atoms with Crippen LogP contribution in [0.25, 0.3) is 0 Å². The molecule has 1 aliphatic rings. The predicted octanol–water partition coefficient (Wildman–Crippen LogP) is 8.03. The summed E-state index contributed by atoms with van der Waals surface area (Å²) >= 11 is 24.5. The Morgan fingerprint density at radius 3 is 1.88 bits per heavy atom. The van der Waals surface area contributed by atoms with E-state index in [2.05, 4.69) is 34.3 Å². The Morgan fingerprint density at radius 1 is 0.941 bits per heavy atom. The molecule has 1 rings (SSSR count). The van der Waals surface area contributed by atoms with E-state index in [0.29, 0.717) is 5.92 Å². The molecule has 0 saturated carbocycles. The lowest BCUT2D eigenvalue weighted by molar-refractivity contribution is 0.740. The van der Waals surface area contributed by atoms with Crippen LogP contribution in [-0.4, -0.2) is 12.3 Å². The predicted molar refractivity (Wildman–Crippen MR) is 86.3 cm³/mol. The fraction of sp³-hybridized carbons (Fsp3) is 1.00. The van der Waals surface area contributed by atoms with Gasteiger partial charge in [0.1, 0.15) is 0 Å². The third kappa shape index (κ3) is 5.39. The van der Waals surface area contributed by atoms with Crippen LogP contribution in [0, 0.1) is 5.92 Å². The Kier molecular flexibility index (Phi) is 6.05. The second-order valence-electron chi connectivity index (χ2n) is 4.36. The topological polar surface area (TPSA) is 37.1 Å². The molecule has 0 aromatic heterocycles. The minimum absolute atomic E-state index is 0.460. The normalized spacial score (nSPS) is 30.4. The summed E-state index contributed by atoms with van der Waals surface area (Å²) in [5.41, 5.74) is 0. The first kappa shape index (κ1) is 16.9. The van der Waals surface area contributed by atoms with Gasteiger partial charge in [0.05, 0.1) is 7.21 Å². The number of halogens is 4. The summed E-state index contributed by atoms with van der Waals surface area (Å²) in [6.07, 6.45) is 2.69. The number of nitrogens with zero attached hydrogens (tertiary/aromatic N) is 3. The molecule has 17 heavy (non-hydrogen) atoms. The van der Waals surface area contributed by atoms with Crippen molar-refractivity contribution in [1.29, 1.82) is 0 Å². The van der Waals surface area contributed by atoms with Crippen LogP contribution in [0.1, 0.15) is 27.2 Å². The zero-order chi connectivity index (χ0) is 13.3. The highest BCUT2D eigenvalue weighted by atomic mass is 35.9. The van der Waals surface area contributed by atoms with E-state index in [1.165, 1.54) is 0 Å². The third-order valence-electron chi connectivity index (χ3n) is 2.00. The Balaban J connectivity index is 3.37. The lowest BCUT2D eigenvalue weighted by atomic mass is 10.3. The highest BCUT2D eigenvalue weighted by Gasteiger charge is 2.33. The van der Waals surface area contributed by atoms with Crippen LogP contribution in [0.5, 0.6) is 0 Å². The molecule has 0 aromatic carbocycles. The smallest absolute Gasteiger partial charge is 0.213 e. The SMILES string of the molecule is CCCP1(CC(C)C)=NP(Cl)(Cl)=NP(Cl)(Cl)=N1. The molecule has 0 amide bonds. The molecule has 1 unspecified atom stereocenters. The summed E-state index contributed by atoms with van der Waals surface area (Å²) in [6, 6.07) is 0. The van der Waals surface area contributed by atoms with Gasteiger partial charge >= 0.3 is 0 Å². The second-order valence-corrected chi connectivity index (χ2v) is 17.6. The zero-order valence-electron chi connectivity index (χ0n) is 9.89. The van der Waals surface area contributed by atoms with Crippen molar-refractivity contribution in [1.82, 2.24) is 0 Å². The first-order chi connectivity index (χ1) is 7.60. The maximum atomic E-state index is 6.13. The molecule has 1 aliphatic heterocycles. The summed E-state index contributed by atoms with van der Waals surface area (Å²) in [7, 11) is -1.96. The lowest BCUT2D eigenvalue weighted by Crippen LogP contribution is -2.00. The van der Waals surface area contributed by atoms with E-state index in [9.17, 15) is 0 Å². The molecule has 0 N–H and O–H groups in total. The summed E-state index contributed by atoms with van der Waals surface area (Å²) in [4.78, 5) is 0. The zero-order valence-corrected chi connectivity index (χ0v) is 15.6. The van der Waals surface area contributed by atoms with E-state index in [0.717, 1.165) is 18.7 Å². The first-order valence-corrected chi connectivity index (χ1v) is 14.4. The van der Waals surface area contributed by atoms with Crippen molar-refractivity contribution in [2.75, 3.05) is 12.3 Å². The van der Waals surface area contributed by atoms with E-state index in [4.69, 9.17) is 45.0 Å². The van der Waals surface area contributed by atoms with Crippen LogP contribution in [0.2, 0.25) is 0 Å². The van der Waals surface area contributed by atoms with E-state index >= 15 is 0 Å². The fourth-order valence-corrected chi connectivity index (χ4v) is 20.1. The Morgan fingerprint density at radius 2 is 1.47 bits per heavy atom. The Hall–Kier alpha value is 1.85. The van der Waals surface area contributed by atoms with Gasteiger partial charge in [-0.25, -0.2) is 9.03 Å². The Labute approximate surface area is 122 Å². The second kappa shape index (κ2) is 6.09. The standard InChI is InChI=1S/C7H16Cl4N3P3/c1-4-5-15(6-7(2)3)12-16(8,9)14-17(10,11)13-15/h7H,4-6H2,1-3H3. The van der Waals surface area contributed by atoms with E-state index < -0.39 is 19.0 Å². The fourth-order valence-electron chi connectivity index (χ4n) is 1.78. The molecule has 0 bridgehead atoms. The van der Waals surface area contributed by atoms with E-state index in [1.807, 2.05) is 0 Å². The van der Waals surface area contributed by atoms with Gasteiger partial charge in [0.15, 0.2) is 0 Å². The van der Waals surface area contributed by atoms with Gasteiger partial charge in [-0.05, 0) is 57.3 Å². The average molecular weight is 377 g/mol. The van der Waals surface area contributed by atoms with Gasteiger partial charge in [0, 0.05) is 12.3 Å². The van der Waals surface area contributed by atoms with E-state index in [-0.39, 0.29) is 0 Å². The van der Waals surface area contributed by atoms with Gasteiger partial charge in [0.2, 0.25) is 0 Å². The largest absolute Gasteiger partial charge is 0.255 e. The molecule has 3 nitrogen and oxygen atoms in total. The molecule has 0 fully saturated rings. The summed E-state index contributed by atoms with van der Waals surface area (Å²) in [5.74, 6) is -5.00. The highest BCUT2D eigenvalue weighted by Crippen LogP contribution is 2.85.